The van der Waals surface area contributed by atoms with Crippen LogP contribution >= 0.6 is 24.0 Å². The van der Waals surface area contributed by atoms with Gasteiger partial charge in [-0.2, -0.15) is 0 Å². The van der Waals surface area contributed by atoms with Gasteiger partial charge in [-0.3, -0.25) is 4.99 Å². The van der Waals surface area contributed by atoms with Gasteiger partial charge in [0.1, 0.15) is 0 Å². The third-order valence-electron chi connectivity index (χ3n) is 4.77. The molecule has 1 aliphatic carbocycles. The van der Waals surface area contributed by atoms with E-state index in [9.17, 15) is 0 Å². The molecule has 0 aromatic heterocycles. The summed E-state index contributed by atoms with van der Waals surface area (Å²) in [6, 6.07) is 0.485. The average molecular weight is 409 g/mol. The molecule has 1 heterocycles. The van der Waals surface area contributed by atoms with Crippen LogP contribution in [0, 0.1) is 11.3 Å². The van der Waals surface area contributed by atoms with Gasteiger partial charge < -0.3 is 15.4 Å². The Hall–Kier alpha value is -0.0400. The van der Waals surface area contributed by atoms with Gasteiger partial charge in [-0.1, -0.05) is 33.6 Å². The zero-order valence-corrected chi connectivity index (χ0v) is 16.3. The molecule has 2 fully saturated rings. The van der Waals surface area contributed by atoms with E-state index in [1.807, 2.05) is 0 Å². The lowest BCUT2D eigenvalue weighted by Gasteiger charge is -2.54. The molecular weight excluding hydrogens is 377 g/mol. The van der Waals surface area contributed by atoms with Crippen LogP contribution in [-0.4, -0.2) is 37.8 Å². The molecule has 0 bridgehead atoms. The number of ether oxygens (including phenoxy) is 1. The van der Waals surface area contributed by atoms with E-state index in [4.69, 9.17) is 9.73 Å². The molecule has 5 heteroatoms. The number of rotatable bonds is 6. The van der Waals surface area contributed by atoms with Gasteiger partial charge in [0, 0.05) is 37.1 Å². The van der Waals surface area contributed by atoms with Crippen LogP contribution in [0.5, 0.6) is 0 Å². The summed E-state index contributed by atoms with van der Waals surface area (Å²) in [5, 5.41) is 7.03. The molecule has 3 atom stereocenters. The summed E-state index contributed by atoms with van der Waals surface area (Å²) in [5.74, 6) is 1.64. The van der Waals surface area contributed by atoms with Crippen LogP contribution in [0.4, 0.5) is 0 Å². The molecule has 2 aliphatic rings. The average Bonchev–Trinajstić information content (AvgIpc) is 2.87. The second-order valence-corrected chi connectivity index (χ2v) is 6.66. The summed E-state index contributed by atoms with van der Waals surface area (Å²) in [5.41, 5.74) is 0.209. The topological polar surface area (TPSA) is 45.7 Å². The first-order chi connectivity index (χ1) is 9.61. The van der Waals surface area contributed by atoms with Crippen molar-refractivity contribution in [2.24, 2.45) is 16.3 Å². The Morgan fingerprint density at radius 2 is 2.05 bits per heavy atom. The highest BCUT2D eigenvalue weighted by Crippen LogP contribution is 2.52. The summed E-state index contributed by atoms with van der Waals surface area (Å²) in [6.45, 7) is 11.7. The molecule has 1 aliphatic heterocycles. The molecule has 0 spiro atoms. The Kier molecular flexibility index (Phi) is 7.74. The van der Waals surface area contributed by atoms with Crippen LogP contribution in [0.1, 0.15) is 53.4 Å². The van der Waals surface area contributed by atoms with E-state index in [1.54, 1.807) is 0 Å². The quantitative estimate of drug-likeness (QED) is 0.307. The highest BCUT2D eigenvalue weighted by atomic mass is 127. The number of nitrogens with zero attached hydrogens (tertiary/aromatic N) is 1. The fourth-order valence-corrected chi connectivity index (χ4v) is 3.64. The van der Waals surface area contributed by atoms with Crippen molar-refractivity contribution in [1.29, 1.82) is 0 Å². The Balaban J connectivity index is 0.00000220. The van der Waals surface area contributed by atoms with Crippen LogP contribution in [0.3, 0.4) is 0 Å². The van der Waals surface area contributed by atoms with Crippen molar-refractivity contribution >= 4 is 29.9 Å². The lowest BCUT2D eigenvalue weighted by Crippen LogP contribution is -2.67. The Morgan fingerprint density at radius 3 is 2.71 bits per heavy atom. The molecule has 4 nitrogen and oxygen atoms in total. The standard InChI is InChI=1S/C16H31N3O.HI/c1-5-7-8-10-18-15(17-6-2)19-13-12-9-11-20-14(12)16(13,3)4;/h12-14H,5-11H2,1-4H3,(H2,17,18,19);1H. The molecule has 0 aromatic carbocycles. The van der Waals surface area contributed by atoms with Gasteiger partial charge in [-0.05, 0) is 19.8 Å². The smallest absolute Gasteiger partial charge is 0.191 e. The number of nitrogens with one attached hydrogen (secondary N) is 2. The van der Waals surface area contributed by atoms with Crippen molar-refractivity contribution < 1.29 is 4.74 Å². The van der Waals surface area contributed by atoms with Crippen LogP contribution in [0.2, 0.25) is 0 Å². The van der Waals surface area contributed by atoms with E-state index in [0.717, 1.165) is 25.7 Å². The van der Waals surface area contributed by atoms with Crippen LogP contribution < -0.4 is 10.6 Å². The summed E-state index contributed by atoms with van der Waals surface area (Å²) in [6.07, 6.45) is 5.30. The van der Waals surface area contributed by atoms with Crippen LogP contribution in [0.15, 0.2) is 4.99 Å². The molecule has 124 valence electrons. The van der Waals surface area contributed by atoms with Gasteiger partial charge in [-0.25, -0.2) is 0 Å². The summed E-state index contributed by atoms with van der Waals surface area (Å²) < 4.78 is 5.85. The predicted molar refractivity (Wildman–Crippen MR) is 99.5 cm³/mol. The number of halogens is 1. The van der Waals surface area contributed by atoms with E-state index in [0.29, 0.717) is 18.1 Å². The zero-order valence-electron chi connectivity index (χ0n) is 13.9. The minimum atomic E-state index is 0. The summed E-state index contributed by atoms with van der Waals surface area (Å²) in [4.78, 5) is 4.71. The highest BCUT2D eigenvalue weighted by molar-refractivity contribution is 14.0. The number of hydrogen-bond donors (Lipinski definition) is 2. The van der Waals surface area contributed by atoms with Gasteiger partial charge in [0.2, 0.25) is 0 Å². The Bertz CT molecular complexity index is 346. The van der Waals surface area contributed by atoms with Gasteiger partial charge in [-0.15, -0.1) is 24.0 Å². The lowest BCUT2D eigenvalue weighted by molar-refractivity contribution is -0.106. The molecule has 0 aromatic rings. The predicted octanol–water partition coefficient (Wildman–Crippen LogP) is 3.16. The maximum atomic E-state index is 5.85. The zero-order chi connectivity index (χ0) is 14.6. The fraction of sp³-hybridized carbons (Fsp3) is 0.938. The highest BCUT2D eigenvalue weighted by Gasteiger charge is 2.59. The van der Waals surface area contributed by atoms with Gasteiger partial charge >= 0.3 is 0 Å². The molecule has 1 saturated carbocycles. The number of aliphatic imine (C=N–C) groups is 1. The molecule has 0 radical (unpaired) electrons. The largest absolute Gasteiger partial charge is 0.377 e. The lowest BCUT2D eigenvalue weighted by atomic mass is 9.57. The molecule has 3 unspecified atom stereocenters. The van der Waals surface area contributed by atoms with E-state index in [-0.39, 0.29) is 29.4 Å². The summed E-state index contributed by atoms with van der Waals surface area (Å²) >= 11 is 0. The molecule has 1 saturated heterocycles. The maximum Gasteiger partial charge on any atom is 0.191 e. The van der Waals surface area contributed by atoms with Gasteiger partial charge in [0.15, 0.2) is 5.96 Å². The van der Waals surface area contributed by atoms with E-state index >= 15 is 0 Å². The van der Waals surface area contributed by atoms with Gasteiger partial charge in [0.05, 0.1) is 6.10 Å². The SMILES string of the molecule is CCCCCN=C(NCC)NC1C2CCOC2C1(C)C.I. The van der Waals surface area contributed by atoms with E-state index in [2.05, 4.69) is 38.3 Å². The first-order valence-corrected chi connectivity index (χ1v) is 8.27. The second-order valence-electron chi connectivity index (χ2n) is 6.66. The number of unbranched alkanes of at least 4 members (excludes halogenated alkanes) is 2. The number of guanidine groups is 1. The Labute approximate surface area is 146 Å². The van der Waals surface area contributed by atoms with Crippen molar-refractivity contribution in [2.75, 3.05) is 19.7 Å². The third kappa shape index (κ3) is 4.24. The molecule has 21 heavy (non-hydrogen) atoms. The van der Waals surface area contributed by atoms with Crippen molar-refractivity contribution in [1.82, 2.24) is 10.6 Å². The Morgan fingerprint density at radius 1 is 1.29 bits per heavy atom. The van der Waals surface area contributed by atoms with Crippen molar-refractivity contribution in [3.63, 3.8) is 0 Å². The monoisotopic (exact) mass is 409 g/mol. The fourth-order valence-electron chi connectivity index (χ4n) is 3.64. The molecule has 2 N–H and O–H groups in total. The van der Waals surface area contributed by atoms with Crippen LogP contribution in [0.25, 0.3) is 0 Å². The van der Waals surface area contributed by atoms with Crippen LogP contribution in [-0.2, 0) is 4.74 Å². The third-order valence-corrected chi connectivity index (χ3v) is 4.77. The number of fused-ring (bicyclic) bond motifs is 1. The summed E-state index contributed by atoms with van der Waals surface area (Å²) in [7, 11) is 0. The second kappa shape index (κ2) is 8.56. The van der Waals surface area contributed by atoms with Gasteiger partial charge in [0.25, 0.3) is 0 Å². The van der Waals surface area contributed by atoms with Crippen molar-refractivity contribution in [2.45, 2.75) is 65.5 Å². The first kappa shape index (κ1) is 19.0. The molecule has 2 rings (SSSR count). The molecule has 0 amide bonds. The van der Waals surface area contributed by atoms with Crippen molar-refractivity contribution in [3.8, 4) is 0 Å². The van der Waals surface area contributed by atoms with E-state index in [1.165, 1.54) is 25.7 Å². The minimum Gasteiger partial charge on any atom is -0.377 e. The first-order valence-electron chi connectivity index (χ1n) is 8.27. The number of hydrogen-bond acceptors (Lipinski definition) is 2. The normalized spacial score (nSPS) is 30.1. The molecular formula is C16H32IN3O. The minimum absolute atomic E-state index is 0. The maximum absolute atomic E-state index is 5.85. The van der Waals surface area contributed by atoms with E-state index < -0.39 is 0 Å². The van der Waals surface area contributed by atoms with Crippen molar-refractivity contribution in [3.05, 3.63) is 0 Å².